The highest BCUT2D eigenvalue weighted by molar-refractivity contribution is 5.93. The van der Waals surface area contributed by atoms with Gasteiger partial charge in [-0.1, -0.05) is 0 Å². The van der Waals surface area contributed by atoms with Crippen molar-refractivity contribution in [3.63, 3.8) is 0 Å². The van der Waals surface area contributed by atoms with Crippen LogP contribution in [0.1, 0.15) is 0 Å². The van der Waals surface area contributed by atoms with Crippen LogP contribution >= 0.6 is 0 Å². The maximum atomic E-state index is 10.5. The van der Waals surface area contributed by atoms with Crippen LogP contribution in [0.2, 0.25) is 0 Å². The van der Waals surface area contributed by atoms with Crippen LogP contribution in [-0.4, -0.2) is 61.5 Å². The molecule has 0 radical (unpaired) electrons. The minimum absolute atomic E-state index is 0.310. The van der Waals surface area contributed by atoms with Gasteiger partial charge in [0.1, 0.15) is 5.69 Å². The van der Waals surface area contributed by atoms with E-state index in [2.05, 4.69) is 4.90 Å². The van der Waals surface area contributed by atoms with Gasteiger partial charge in [-0.2, -0.15) is 0 Å². The van der Waals surface area contributed by atoms with E-state index in [0.717, 1.165) is 22.7 Å². The number of rotatable bonds is 4. The summed E-state index contributed by atoms with van der Waals surface area (Å²) in [6.45, 7) is 0. The van der Waals surface area contributed by atoms with E-state index in [1.165, 1.54) is 0 Å². The normalized spacial score (nSPS) is 10.3. The second-order valence-electron chi connectivity index (χ2n) is 5.54. The largest absolute Gasteiger partial charge is 0.504 e. The number of nitrogens with zero attached hydrogens (tertiary/aromatic N) is 4. The molecule has 0 heterocycles. The quantitative estimate of drug-likeness (QED) is 0.896. The minimum atomic E-state index is 0.310. The average Bonchev–Trinajstić information content (AvgIpc) is 2.26. The molecule has 1 aromatic rings. The number of hydrogen-bond donors (Lipinski definition) is 1. The van der Waals surface area contributed by atoms with Crippen LogP contribution in [0.3, 0.4) is 0 Å². The summed E-state index contributed by atoms with van der Waals surface area (Å²) in [5.74, 6) is 0.310. The van der Waals surface area contributed by atoms with E-state index in [4.69, 9.17) is 0 Å². The molecule has 1 N–H and O–H groups in total. The molecule has 0 aliphatic rings. The van der Waals surface area contributed by atoms with Gasteiger partial charge in [-0.3, -0.25) is 0 Å². The molecule has 0 spiro atoms. The van der Waals surface area contributed by atoms with Gasteiger partial charge in [-0.15, -0.1) is 0 Å². The molecule has 0 aliphatic carbocycles. The van der Waals surface area contributed by atoms with Gasteiger partial charge >= 0.3 is 0 Å². The van der Waals surface area contributed by atoms with Crippen LogP contribution in [0, 0.1) is 0 Å². The summed E-state index contributed by atoms with van der Waals surface area (Å²) in [5, 5.41) is 10.5. The van der Waals surface area contributed by atoms with Crippen LogP contribution < -0.4 is 19.6 Å². The Morgan fingerprint density at radius 3 is 1.37 bits per heavy atom. The zero-order valence-electron chi connectivity index (χ0n) is 13.3. The first-order valence-electron chi connectivity index (χ1n) is 6.27. The van der Waals surface area contributed by atoms with Gasteiger partial charge in [0.15, 0.2) is 5.75 Å². The number of phenols is 1. The molecule has 5 heteroatoms. The van der Waals surface area contributed by atoms with Gasteiger partial charge < -0.3 is 24.7 Å². The fraction of sp³-hybridized carbons (Fsp3) is 0.571. The molecule has 0 saturated heterocycles. The predicted molar refractivity (Wildman–Crippen MR) is 85.4 cm³/mol. The van der Waals surface area contributed by atoms with Crippen molar-refractivity contribution in [2.75, 3.05) is 76.0 Å². The SMILES string of the molecule is CN(C)c1cc(N(C)C)c(N(C)C)c(N(C)C)c1O. The summed E-state index contributed by atoms with van der Waals surface area (Å²) in [5.41, 5.74) is 3.74. The monoisotopic (exact) mass is 266 g/mol. The average molecular weight is 266 g/mol. The van der Waals surface area contributed by atoms with Crippen LogP contribution in [0.25, 0.3) is 0 Å². The lowest BCUT2D eigenvalue weighted by molar-refractivity contribution is 0.476. The van der Waals surface area contributed by atoms with Crippen LogP contribution in [-0.2, 0) is 0 Å². The topological polar surface area (TPSA) is 33.2 Å². The lowest BCUT2D eigenvalue weighted by Crippen LogP contribution is -2.22. The number of anilines is 4. The van der Waals surface area contributed by atoms with E-state index >= 15 is 0 Å². The number of benzene rings is 1. The first-order chi connectivity index (χ1) is 8.68. The zero-order chi connectivity index (χ0) is 14.9. The molecule has 5 nitrogen and oxygen atoms in total. The summed E-state index contributed by atoms with van der Waals surface area (Å²) in [7, 11) is 15.8. The molecule has 0 aromatic heterocycles. The number of hydrogen-bond acceptors (Lipinski definition) is 5. The van der Waals surface area contributed by atoms with Gasteiger partial charge in [0.25, 0.3) is 0 Å². The fourth-order valence-corrected chi connectivity index (χ4v) is 2.17. The summed E-state index contributed by atoms with van der Waals surface area (Å²) in [6, 6.07) is 2.01. The Morgan fingerprint density at radius 2 is 1.05 bits per heavy atom. The Labute approximate surface area is 116 Å². The lowest BCUT2D eigenvalue weighted by atomic mass is 10.1. The van der Waals surface area contributed by atoms with Gasteiger partial charge in [0.05, 0.1) is 17.1 Å². The summed E-state index contributed by atoms with van der Waals surface area (Å²) < 4.78 is 0. The van der Waals surface area contributed by atoms with Crippen molar-refractivity contribution in [1.29, 1.82) is 0 Å². The standard InChI is InChI=1S/C14H26N4O/c1-15(2)10-9-11(16(3)4)14(19)13(18(7)8)12(10)17(5)6/h9,19H,1-8H3. The first kappa shape index (κ1) is 15.3. The molecule has 0 fully saturated rings. The molecule has 0 unspecified atom stereocenters. The summed E-state index contributed by atoms with van der Waals surface area (Å²) in [6.07, 6.45) is 0. The van der Waals surface area contributed by atoms with Gasteiger partial charge in [-0.25, -0.2) is 0 Å². The van der Waals surface area contributed by atoms with Gasteiger partial charge in [0.2, 0.25) is 0 Å². The molecule has 108 valence electrons. The zero-order valence-corrected chi connectivity index (χ0v) is 13.3. The molecule has 0 atom stereocenters. The third-order valence-corrected chi connectivity index (χ3v) is 3.07. The highest BCUT2D eigenvalue weighted by atomic mass is 16.3. The molecule has 19 heavy (non-hydrogen) atoms. The van der Waals surface area contributed by atoms with Crippen LogP contribution in [0.15, 0.2) is 6.07 Å². The Hall–Kier alpha value is -1.78. The molecule has 0 amide bonds. The van der Waals surface area contributed by atoms with Gasteiger partial charge in [0, 0.05) is 56.4 Å². The molecular formula is C14H26N4O. The van der Waals surface area contributed by atoms with E-state index < -0.39 is 0 Å². The highest BCUT2D eigenvalue weighted by Gasteiger charge is 2.22. The van der Waals surface area contributed by atoms with Crippen molar-refractivity contribution in [3.05, 3.63) is 6.07 Å². The Balaban J connectivity index is 3.73. The summed E-state index contributed by atoms with van der Waals surface area (Å²) >= 11 is 0. The van der Waals surface area contributed by atoms with Crippen molar-refractivity contribution in [1.82, 2.24) is 0 Å². The highest BCUT2D eigenvalue weighted by Crippen LogP contribution is 2.48. The minimum Gasteiger partial charge on any atom is -0.504 e. The van der Waals surface area contributed by atoms with Crippen molar-refractivity contribution >= 4 is 22.7 Å². The molecule has 0 bridgehead atoms. The van der Waals surface area contributed by atoms with Crippen LogP contribution in [0.5, 0.6) is 5.75 Å². The van der Waals surface area contributed by atoms with Crippen molar-refractivity contribution in [2.45, 2.75) is 0 Å². The third-order valence-electron chi connectivity index (χ3n) is 3.07. The van der Waals surface area contributed by atoms with Crippen molar-refractivity contribution in [2.24, 2.45) is 0 Å². The van der Waals surface area contributed by atoms with Crippen LogP contribution in [0.4, 0.5) is 22.7 Å². The van der Waals surface area contributed by atoms with E-state index in [0.29, 0.717) is 5.75 Å². The van der Waals surface area contributed by atoms with E-state index in [-0.39, 0.29) is 0 Å². The fourth-order valence-electron chi connectivity index (χ4n) is 2.17. The number of aromatic hydroxyl groups is 1. The molecular weight excluding hydrogens is 240 g/mol. The summed E-state index contributed by atoms with van der Waals surface area (Å²) in [4.78, 5) is 7.97. The predicted octanol–water partition coefficient (Wildman–Crippen LogP) is 1.66. The van der Waals surface area contributed by atoms with Crippen molar-refractivity contribution in [3.8, 4) is 5.75 Å². The molecule has 1 rings (SSSR count). The maximum absolute atomic E-state index is 10.5. The Kier molecular flexibility index (Phi) is 4.39. The second kappa shape index (κ2) is 5.47. The lowest BCUT2D eigenvalue weighted by Gasteiger charge is -2.31. The van der Waals surface area contributed by atoms with Crippen molar-refractivity contribution < 1.29 is 5.11 Å². The molecule has 1 aromatic carbocycles. The number of phenolic OH excluding ortho intramolecular Hbond substituents is 1. The maximum Gasteiger partial charge on any atom is 0.164 e. The molecule has 0 saturated carbocycles. The first-order valence-corrected chi connectivity index (χ1v) is 6.27. The van der Waals surface area contributed by atoms with E-state index in [9.17, 15) is 5.11 Å². The smallest absolute Gasteiger partial charge is 0.164 e. The Bertz CT molecular complexity index is 453. The van der Waals surface area contributed by atoms with E-state index in [1.807, 2.05) is 77.1 Å². The van der Waals surface area contributed by atoms with E-state index in [1.54, 1.807) is 0 Å². The third kappa shape index (κ3) is 2.80. The second-order valence-corrected chi connectivity index (χ2v) is 5.54. The Morgan fingerprint density at radius 1 is 0.632 bits per heavy atom. The molecule has 0 aliphatic heterocycles. The van der Waals surface area contributed by atoms with Gasteiger partial charge in [-0.05, 0) is 6.07 Å².